The zero-order chi connectivity index (χ0) is 10.6. The van der Waals surface area contributed by atoms with Gasteiger partial charge in [0, 0.05) is 15.4 Å². The first kappa shape index (κ1) is 11.4. The van der Waals surface area contributed by atoms with Crippen molar-refractivity contribution in [3.63, 3.8) is 0 Å². The standard InChI is InChI=1S/C9H11NO2S2/c1-13-7-4-3-6(9(11)10-12)5-8(7)14-2/h3-5,12H,1-2H3,(H,10,11). The molecule has 0 spiro atoms. The van der Waals surface area contributed by atoms with Crippen LogP contribution < -0.4 is 5.48 Å². The zero-order valence-corrected chi connectivity index (χ0v) is 9.54. The molecule has 3 nitrogen and oxygen atoms in total. The number of hydrogen-bond acceptors (Lipinski definition) is 4. The molecular weight excluding hydrogens is 218 g/mol. The fourth-order valence-corrected chi connectivity index (χ4v) is 2.52. The molecule has 76 valence electrons. The summed E-state index contributed by atoms with van der Waals surface area (Å²) >= 11 is 3.21. The lowest BCUT2D eigenvalue weighted by Gasteiger charge is -2.06. The van der Waals surface area contributed by atoms with Crippen LogP contribution in [0.4, 0.5) is 0 Å². The van der Waals surface area contributed by atoms with Gasteiger partial charge in [0.15, 0.2) is 0 Å². The molecule has 0 unspecified atom stereocenters. The van der Waals surface area contributed by atoms with Gasteiger partial charge in [0.1, 0.15) is 0 Å². The molecule has 1 aromatic rings. The van der Waals surface area contributed by atoms with Crippen molar-refractivity contribution in [1.82, 2.24) is 5.48 Å². The molecule has 0 aliphatic carbocycles. The van der Waals surface area contributed by atoms with Gasteiger partial charge in [-0.3, -0.25) is 10.0 Å². The molecular formula is C9H11NO2S2. The van der Waals surface area contributed by atoms with E-state index >= 15 is 0 Å². The molecule has 0 aliphatic rings. The molecule has 0 saturated heterocycles. The molecule has 1 amide bonds. The minimum Gasteiger partial charge on any atom is -0.288 e. The molecule has 1 aromatic carbocycles. The molecule has 0 bridgehead atoms. The Kier molecular flexibility index (Phi) is 4.31. The molecule has 0 aromatic heterocycles. The number of carbonyl (C=O) groups excluding carboxylic acids is 1. The molecule has 0 radical (unpaired) electrons. The highest BCUT2D eigenvalue weighted by Crippen LogP contribution is 2.28. The van der Waals surface area contributed by atoms with Crippen LogP contribution in [0.15, 0.2) is 28.0 Å². The second-order valence-corrected chi connectivity index (χ2v) is 4.21. The first-order valence-electron chi connectivity index (χ1n) is 3.89. The average molecular weight is 229 g/mol. The third kappa shape index (κ3) is 2.43. The Balaban J connectivity index is 3.07. The number of benzene rings is 1. The fraction of sp³-hybridized carbons (Fsp3) is 0.222. The van der Waals surface area contributed by atoms with Crippen molar-refractivity contribution in [2.24, 2.45) is 0 Å². The normalized spacial score (nSPS) is 9.93. The van der Waals surface area contributed by atoms with Crippen molar-refractivity contribution in [2.45, 2.75) is 9.79 Å². The van der Waals surface area contributed by atoms with E-state index in [9.17, 15) is 4.79 Å². The Morgan fingerprint density at radius 3 is 2.43 bits per heavy atom. The van der Waals surface area contributed by atoms with Gasteiger partial charge in [0.05, 0.1) is 0 Å². The van der Waals surface area contributed by atoms with Crippen molar-refractivity contribution in [3.05, 3.63) is 23.8 Å². The van der Waals surface area contributed by atoms with Gasteiger partial charge in [-0.15, -0.1) is 23.5 Å². The Morgan fingerprint density at radius 1 is 1.29 bits per heavy atom. The van der Waals surface area contributed by atoms with E-state index in [0.717, 1.165) is 9.79 Å². The van der Waals surface area contributed by atoms with Gasteiger partial charge in [-0.25, -0.2) is 5.48 Å². The Labute approximate surface area is 91.2 Å². The predicted molar refractivity (Wildman–Crippen MR) is 59.3 cm³/mol. The zero-order valence-electron chi connectivity index (χ0n) is 7.90. The van der Waals surface area contributed by atoms with Crippen molar-refractivity contribution in [2.75, 3.05) is 12.5 Å². The lowest BCUT2D eigenvalue weighted by Crippen LogP contribution is -2.18. The minimum atomic E-state index is -0.479. The van der Waals surface area contributed by atoms with Gasteiger partial charge < -0.3 is 0 Å². The van der Waals surface area contributed by atoms with E-state index in [0.29, 0.717) is 5.56 Å². The number of carbonyl (C=O) groups is 1. The van der Waals surface area contributed by atoms with Crippen molar-refractivity contribution in [3.8, 4) is 0 Å². The van der Waals surface area contributed by atoms with E-state index in [4.69, 9.17) is 5.21 Å². The van der Waals surface area contributed by atoms with Crippen LogP contribution in [0.3, 0.4) is 0 Å². The van der Waals surface area contributed by atoms with E-state index in [2.05, 4.69) is 0 Å². The second kappa shape index (κ2) is 5.29. The SMILES string of the molecule is CSc1ccc(C(=O)NO)cc1SC. The summed E-state index contributed by atoms with van der Waals surface area (Å²) < 4.78 is 0. The molecule has 0 aliphatic heterocycles. The van der Waals surface area contributed by atoms with Crippen molar-refractivity contribution < 1.29 is 10.0 Å². The summed E-state index contributed by atoms with van der Waals surface area (Å²) in [7, 11) is 0. The number of amides is 1. The predicted octanol–water partition coefficient (Wildman–Crippen LogP) is 2.25. The largest absolute Gasteiger partial charge is 0.288 e. The van der Waals surface area contributed by atoms with Crippen molar-refractivity contribution >= 4 is 29.4 Å². The number of rotatable bonds is 3. The molecule has 0 fully saturated rings. The fourth-order valence-electron chi connectivity index (χ4n) is 1.04. The summed E-state index contributed by atoms with van der Waals surface area (Å²) in [6.07, 6.45) is 3.94. The molecule has 0 saturated carbocycles. The smallest absolute Gasteiger partial charge is 0.274 e. The minimum absolute atomic E-state index is 0.467. The highest BCUT2D eigenvalue weighted by Gasteiger charge is 2.07. The summed E-state index contributed by atoms with van der Waals surface area (Å²) in [5, 5.41) is 8.47. The monoisotopic (exact) mass is 229 g/mol. The molecule has 1 rings (SSSR count). The van der Waals surface area contributed by atoms with Crippen LogP contribution in [0, 0.1) is 0 Å². The van der Waals surface area contributed by atoms with Crippen LogP contribution in [-0.2, 0) is 0 Å². The Hall–Kier alpha value is -0.650. The topological polar surface area (TPSA) is 49.3 Å². The van der Waals surface area contributed by atoms with Crippen LogP contribution in [0.2, 0.25) is 0 Å². The van der Waals surface area contributed by atoms with Gasteiger partial charge >= 0.3 is 0 Å². The summed E-state index contributed by atoms with van der Waals surface area (Å²) in [4.78, 5) is 13.3. The average Bonchev–Trinajstić information content (AvgIpc) is 2.26. The lowest BCUT2D eigenvalue weighted by atomic mass is 10.2. The van der Waals surface area contributed by atoms with Gasteiger partial charge in [0.2, 0.25) is 0 Å². The van der Waals surface area contributed by atoms with E-state index in [1.807, 2.05) is 18.6 Å². The third-order valence-corrected chi connectivity index (χ3v) is 3.45. The summed E-state index contributed by atoms with van der Waals surface area (Å²) in [6, 6.07) is 5.33. The van der Waals surface area contributed by atoms with Crippen LogP contribution >= 0.6 is 23.5 Å². The van der Waals surface area contributed by atoms with Gasteiger partial charge in [0.25, 0.3) is 5.91 Å². The highest BCUT2D eigenvalue weighted by atomic mass is 32.2. The number of nitrogens with one attached hydrogen (secondary N) is 1. The van der Waals surface area contributed by atoms with Gasteiger partial charge in [-0.1, -0.05) is 0 Å². The third-order valence-electron chi connectivity index (χ3n) is 1.75. The van der Waals surface area contributed by atoms with Gasteiger partial charge in [-0.2, -0.15) is 0 Å². The van der Waals surface area contributed by atoms with E-state index < -0.39 is 5.91 Å². The van der Waals surface area contributed by atoms with Crippen LogP contribution in [0.1, 0.15) is 10.4 Å². The summed E-state index contributed by atoms with van der Waals surface area (Å²) in [5.74, 6) is -0.479. The first-order chi connectivity index (χ1) is 6.72. The number of thioether (sulfide) groups is 2. The van der Waals surface area contributed by atoms with Crippen LogP contribution in [0.5, 0.6) is 0 Å². The second-order valence-electron chi connectivity index (χ2n) is 2.51. The maximum absolute atomic E-state index is 11.1. The van der Waals surface area contributed by atoms with Gasteiger partial charge in [-0.05, 0) is 30.7 Å². The Bertz CT molecular complexity index is 342. The van der Waals surface area contributed by atoms with E-state index in [1.54, 1.807) is 41.1 Å². The van der Waals surface area contributed by atoms with Crippen LogP contribution in [0.25, 0.3) is 0 Å². The first-order valence-corrected chi connectivity index (χ1v) is 6.34. The molecule has 0 heterocycles. The maximum Gasteiger partial charge on any atom is 0.274 e. The van der Waals surface area contributed by atoms with Crippen molar-refractivity contribution in [1.29, 1.82) is 0 Å². The Morgan fingerprint density at radius 2 is 1.93 bits per heavy atom. The highest BCUT2D eigenvalue weighted by molar-refractivity contribution is 8.01. The molecule has 14 heavy (non-hydrogen) atoms. The van der Waals surface area contributed by atoms with E-state index in [-0.39, 0.29) is 0 Å². The van der Waals surface area contributed by atoms with E-state index in [1.165, 1.54) is 0 Å². The molecule has 0 atom stereocenters. The maximum atomic E-state index is 11.1. The summed E-state index contributed by atoms with van der Waals surface area (Å²) in [5.41, 5.74) is 2.08. The molecule has 5 heteroatoms. The van der Waals surface area contributed by atoms with Crippen LogP contribution in [-0.4, -0.2) is 23.6 Å². The number of hydrogen-bond donors (Lipinski definition) is 2. The quantitative estimate of drug-likeness (QED) is 0.474. The number of hydroxylamine groups is 1. The lowest BCUT2D eigenvalue weighted by molar-refractivity contribution is 0.0706. The summed E-state index contributed by atoms with van der Waals surface area (Å²) in [6.45, 7) is 0. The molecule has 2 N–H and O–H groups in total.